The maximum Gasteiger partial charge on any atom is 0.0731 e. The second-order valence-corrected chi connectivity index (χ2v) is 6.53. The smallest absolute Gasteiger partial charge is 0.0731 e. The maximum atomic E-state index is 5.14. The molecule has 2 atom stereocenters. The minimum absolute atomic E-state index is 0.421. The monoisotopic (exact) mass is 305 g/mol. The molecule has 2 nitrogen and oxygen atoms in total. The first-order valence-corrected chi connectivity index (χ1v) is 7.13. The van der Waals surface area contributed by atoms with Crippen LogP contribution in [-0.4, -0.2) is 20.8 Å². The van der Waals surface area contributed by atoms with E-state index in [1.54, 1.807) is 7.11 Å². The lowest BCUT2D eigenvalue weighted by Crippen LogP contribution is -2.23. The molecule has 0 saturated heterocycles. The molecule has 0 saturated carbocycles. The Morgan fingerprint density at radius 3 is 2.69 bits per heavy atom. The maximum absolute atomic E-state index is 5.14. The molecule has 0 aliphatic rings. The third-order valence-corrected chi connectivity index (χ3v) is 5.06. The molecule has 1 aromatic rings. The summed E-state index contributed by atoms with van der Waals surface area (Å²) >= 11 is 5.40. The Kier molecular flexibility index (Phi) is 5.97. The van der Waals surface area contributed by atoms with E-state index in [1.807, 2.05) is 18.4 Å². The van der Waals surface area contributed by atoms with E-state index >= 15 is 0 Å². The van der Waals surface area contributed by atoms with Crippen molar-refractivity contribution in [2.24, 2.45) is 5.92 Å². The Morgan fingerprint density at radius 2 is 2.25 bits per heavy atom. The Balaban J connectivity index is 2.73. The minimum Gasteiger partial charge on any atom is -0.385 e. The van der Waals surface area contributed by atoms with E-state index in [0.29, 0.717) is 12.0 Å². The SMILES string of the molecule is CNC(c1cc(C)c(Br)s1)C(C)CCOC. The van der Waals surface area contributed by atoms with Gasteiger partial charge < -0.3 is 10.1 Å². The highest BCUT2D eigenvalue weighted by Crippen LogP contribution is 2.35. The van der Waals surface area contributed by atoms with Crippen molar-refractivity contribution < 1.29 is 4.74 Å². The molecule has 0 fully saturated rings. The van der Waals surface area contributed by atoms with Crippen molar-refractivity contribution in [3.8, 4) is 0 Å². The van der Waals surface area contributed by atoms with E-state index in [-0.39, 0.29) is 0 Å². The molecule has 16 heavy (non-hydrogen) atoms. The number of nitrogens with one attached hydrogen (secondary N) is 1. The van der Waals surface area contributed by atoms with E-state index in [2.05, 4.69) is 41.2 Å². The van der Waals surface area contributed by atoms with Gasteiger partial charge in [0.2, 0.25) is 0 Å². The lowest BCUT2D eigenvalue weighted by Gasteiger charge is -2.22. The molecule has 0 aromatic carbocycles. The molecular formula is C12H20BrNOS. The number of hydrogen-bond acceptors (Lipinski definition) is 3. The van der Waals surface area contributed by atoms with E-state index in [0.717, 1.165) is 13.0 Å². The largest absolute Gasteiger partial charge is 0.385 e. The van der Waals surface area contributed by atoms with Crippen molar-refractivity contribution in [1.82, 2.24) is 5.32 Å². The Labute approximate surface area is 111 Å². The zero-order chi connectivity index (χ0) is 12.1. The van der Waals surface area contributed by atoms with Crippen molar-refractivity contribution in [2.75, 3.05) is 20.8 Å². The highest BCUT2D eigenvalue weighted by molar-refractivity contribution is 9.11. The predicted molar refractivity (Wildman–Crippen MR) is 74.2 cm³/mol. The molecule has 0 spiro atoms. The first-order chi connectivity index (χ1) is 7.60. The van der Waals surface area contributed by atoms with Crippen LogP contribution >= 0.6 is 27.3 Å². The number of aryl methyl sites for hydroxylation is 1. The summed E-state index contributed by atoms with van der Waals surface area (Å²) in [6.07, 6.45) is 1.08. The summed E-state index contributed by atoms with van der Waals surface area (Å²) in [6, 6.07) is 2.68. The number of rotatable bonds is 6. The van der Waals surface area contributed by atoms with Crippen LogP contribution in [0.4, 0.5) is 0 Å². The highest BCUT2D eigenvalue weighted by Gasteiger charge is 2.19. The van der Waals surface area contributed by atoms with Gasteiger partial charge in [-0.1, -0.05) is 6.92 Å². The van der Waals surface area contributed by atoms with E-state index in [4.69, 9.17) is 4.74 Å². The molecule has 92 valence electrons. The number of ether oxygens (including phenoxy) is 1. The summed E-state index contributed by atoms with van der Waals surface area (Å²) in [4.78, 5) is 1.40. The van der Waals surface area contributed by atoms with Crippen LogP contribution in [0.2, 0.25) is 0 Å². The number of halogens is 1. The number of methoxy groups -OCH3 is 1. The summed E-state index contributed by atoms with van der Waals surface area (Å²) in [5.41, 5.74) is 1.32. The molecule has 0 radical (unpaired) electrons. The summed E-state index contributed by atoms with van der Waals surface area (Å²) in [5.74, 6) is 0.579. The molecular weight excluding hydrogens is 286 g/mol. The van der Waals surface area contributed by atoms with Gasteiger partial charge in [-0.05, 0) is 53.9 Å². The first-order valence-electron chi connectivity index (χ1n) is 5.52. The van der Waals surface area contributed by atoms with Crippen molar-refractivity contribution in [1.29, 1.82) is 0 Å². The molecule has 0 amide bonds. The van der Waals surface area contributed by atoms with Gasteiger partial charge in [-0.2, -0.15) is 0 Å². The van der Waals surface area contributed by atoms with E-state index in [9.17, 15) is 0 Å². The summed E-state index contributed by atoms with van der Waals surface area (Å²) in [5, 5.41) is 3.40. The average Bonchev–Trinajstić information content (AvgIpc) is 2.57. The molecule has 2 unspecified atom stereocenters. The van der Waals surface area contributed by atoms with Crippen molar-refractivity contribution in [3.05, 3.63) is 20.3 Å². The molecule has 0 bridgehead atoms. The Morgan fingerprint density at radius 1 is 1.56 bits per heavy atom. The van der Waals surface area contributed by atoms with Gasteiger partial charge in [-0.15, -0.1) is 11.3 Å². The zero-order valence-corrected chi connectivity index (χ0v) is 12.7. The number of thiophene rings is 1. The molecule has 0 aliphatic heterocycles. The van der Waals surface area contributed by atoms with Crippen LogP contribution in [0, 0.1) is 12.8 Å². The van der Waals surface area contributed by atoms with Crippen molar-refractivity contribution in [2.45, 2.75) is 26.3 Å². The van der Waals surface area contributed by atoms with Gasteiger partial charge in [-0.25, -0.2) is 0 Å². The van der Waals surface area contributed by atoms with Gasteiger partial charge in [0.1, 0.15) is 0 Å². The second kappa shape index (κ2) is 6.74. The fourth-order valence-electron chi connectivity index (χ4n) is 1.81. The van der Waals surface area contributed by atoms with Crippen molar-refractivity contribution >= 4 is 27.3 Å². The standard InChI is InChI=1S/C12H20BrNOS/c1-8(5-6-15-4)11(14-3)10-7-9(2)12(13)16-10/h7-8,11,14H,5-6H2,1-4H3. The normalized spacial score (nSPS) is 15.1. The van der Waals surface area contributed by atoms with Gasteiger partial charge in [0.15, 0.2) is 0 Å². The Hall–Kier alpha value is 0.1000. The van der Waals surface area contributed by atoms with Crippen LogP contribution < -0.4 is 5.32 Å². The lowest BCUT2D eigenvalue weighted by atomic mass is 9.97. The zero-order valence-electron chi connectivity index (χ0n) is 10.3. The second-order valence-electron chi connectivity index (χ2n) is 4.13. The third kappa shape index (κ3) is 3.55. The highest BCUT2D eigenvalue weighted by atomic mass is 79.9. The summed E-state index contributed by atoms with van der Waals surface area (Å²) in [7, 11) is 3.78. The average molecular weight is 306 g/mol. The van der Waals surface area contributed by atoms with Gasteiger partial charge >= 0.3 is 0 Å². The summed E-state index contributed by atoms with van der Waals surface area (Å²) < 4.78 is 6.38. The van der Waals surface area contributed by atoms with Gasteiger partial charge in [0, 0.05) is 24.6 Å². The van der Waals surface area contributed by atoms with Gasteiger partial charge in [0.25, 0.3) is 0 Å². The quantitative estimate of drug-likeness (QED) is 0.864. The lowest BCUT2D eigenvalue weighted by molar-refractivity contribution is 0.171. The van der Waals surface area contributed by atoms with Crippen LogP contribution in [0.3, 0.4) is 0 Å². The van der Waals surface area contributed by atoms with Gasteiger partial charge in [0.05, 0.1) is 3.79 Å². The third-order valence-electron chi connectivity index (χ3n) is 2.84. The van der Waals surface area contributed by atoms with E-state index < -0.39 is 0 Å². The molecule has 1 heterocycles. The molecule has 4 heteroatoms. The predicted octanol–water partition coefficient (Wildman–Crippen LogP) is 3.75. The van der Waals surface area contributed by atoms with Crippen LogP contribution in [0.25, 0.3) is 0 Å². The first kappa shape index (κ1) is 14.2. The van der Waals surface area contributed by atoms with Crippen molar-refractivity contribution in [3.63, 3.8) is 0 Å². The topological polar surface area (TPSA) is 21.3 Å². The fraction of sp³-hybridized carbons (Fsp3) is 0.667. The Bertz CT molecular complexity index is 307. The minimum atomic E-state index is 0.421. The van der Waals surface area contributed by atoms with Crippen LogP contribution in [-0.2, 0) is 4.74 Å². The number of hydrogen-bond donors (Lipinski definition) is 1. The van der Waals surface area contributed by atoms with Crippen LogP contribution in [0.1, 0.15) is 29.8 Å². The van der Waals surface area contributed by atoms with Crippen LogP contribution in [0.15, 0.2) is 9.85 Å². The molecule has 1 aromatic heterocycles. The molecule has 1 N–H and O–H groups in total. The fourth-order valence-corrected chi connectivity index (χ4v) is 3.63. The molecule has 0 aliphatic carbocycles. The van der Waals surface area contributed by atoms with E-state index in [1.165, 1.54) is 14.2 Å². The molecule has 1 rings (SSSR count). The van der Waals surface area contributed by atoms with Gasteiger partial charge in [-0.3, -0.25) is 0 Å². The summed E-state index contributed by atoms with van der Waals surface area (Å²) in [6.45, 7) is 5.23. The van der Waals surface area contributed by atoms with Crippen LogP contribution in [0.5, 0.6) is 0 Å².